The minimum absolute atomic E-state index is 0.0621. The van der Waals surface area contributed by atoms with Crippen molar-refractivity contribution in [3.63, 3.8) is 0 Å². The van der Waals surface area contributed by atoms with Crippen molar-refractivity contribution in [2.45, 2.75) is 45.4 Å². The number of aryl methyl sites for hydroxylation is 1. The fourth-order valence-corrected chi connectivity index (χ4v) is 3.23. The average Bonchev–Trinajstić information content (AvgIpc) is 2.86. The van der Waals surface area contributed by atoms with Crippen LogP contribution in [0.4, 0.5) is 0 Å². The Hall–Kier alpha value is -1.69. The van der Waals surface area contributed by atoms with Crippen LogP contribution in [0.1, 0.15) is 43.9 Å². The molecule has 114 valence electrons. The van der Waals surface area contributed by atoms with Gasteiger partial charge in [0.05, 0.1) is 18.3 Å². The number of nitrogens with one attached hydrogen (secondary N) is 1. The van der Waals surface area contributed by atoms with Gasteiger partial charge in [-0.05, 0) is 25.3 Å². The summed E-state index contributed by atoms with van der Waals surface area (Å²) in [5.74, 6) is -0.205. The second-order valence-electron chi connectivity index (χ2n) is 5.02. The molecule has 0 aromatic carbocycles. The first-order valence-corrected chi connectivity index (χ1v) is 8.08. The second-order valence-corrected chi connectivity index (χ2v) is 6.14. The number of aromatic nitrogens is 2. The standard InChI is InChI=1S/C15H20N2O3S/c1-11(18)20-8-6-4-2-3-5-7-12-9-13-14(19)16-10-17-15(13)21-12/h9-10H,2-8H2,1H3,(H,16,17,19). The smallest absolute Gasteiger partial charge is 0.302 e. The summed E-state index contributed by atoms with van der Waals surface area (Å²) in [6.07, 6.45) is 7.86. The molecule has 0 aliphatic rings. The molecular formula is C15H20N2O3S. The Balaban J connectivity index is 1.65. The summed E-state index contributed by atoms with van der Waals surface area (Å²) in [7, 11) is 0. The van der Waals surface area contributed by atoms with E-state index in [1.54, 1.807) is 11.3 Å². The summed E-state index contributed by atoms with van der Waals surface area (Å²) < 4.78 is 4.89. The zero-order valence-electron chi connectivity index (χ0n) is 12.2. The van der Waals surface area contributed by atoms with Gasteiger partial charge in [0.2, 0.25) is 0 Å². The molecule has 2 aromatic heterocycles. The molecular weight excluding hydrogens is 288 g/mol. The molecule has 0 fully saturated rings. The zero-order valence-corrected chi connectivity index (χ0v) is 13.0. The molecule has 21 heavy (non-hydrogen) atoms. The molecule has 2 aromatic rings. The van der Waals surface area contributed by atoms with Crippen LogP contribution < -0.4 is 5.56 Å². The zero-order chi connectivity index (χ0) is 15.1. The quantitative estimate of drug-likeness (QED) is 0.601. The summed E-state index contributed by atoms with van der Waals surface area (Å²) in [5, 5.41) is 0.693. The van der Waals surface area contributed by atoms with Gasteiger partial charge in [-0.25, -0.2) is 4.98 Å². The number of fused-ring (bicyclic) bond motifs is 1. The lowest BCUT2D eigenvalue weighted by atomic mass is 10.1. The minimum atomic E-state index is -0.205. The maximum Gasteiger partial charge on any atom is 0.302 e. The maximum absolute atomic E-state index is 11.6. The van der Waals surface area contributed by atoms with Crippen molar-refractivity contribution >= 4 is 27.5 Å². The highest BCUT2D eigenvalue weighted by molar-refractivity contribution is 7.18. The number of hydrogen-bond donors (Lipinski definition) is 1. The van der Waals surface area contributed by atoms with E-state index in [1.807, 2.05) is 6.07 Å². The molecule has 0 saturated heterocycles. The number of hydrogen-bond acceptors (Lipinski definition) is 5. The highest BCUT2D eigenvalue weighted by atomic mass is 32.1. The van der Waals surface area contributed by atoms with Crippen LogP contribution in [0.15, 0.2) is 17.2 Å². The van der Waals surface area contributed by atoms with E-state index in [4.69, 9.17) is 4.74 Å². The van der Waals surface area contributed by atoms with Gasteiger partial charge in [0, 0.05) is 11.8 Å². The predicted molar refractivity (Wildman–Crippen MR) is 83.7 cm³/mol. The van der Waals surface area contributed by atoms with Gasteiger partial charge in [-0.15, -0.1) is 11.3 Å². The van der Waals surface area contributed by atoms with Crippen molar-refractivity contribution in [3.8, 4) is 0 Å². The third kappa shape index (κ3) is 4.97. The third-order valence-corrected chi connectivity index (χ3v) is 4.36. The molecule has 0 spiro atoms. The Kier molecular flexibility index (Phi) is 5.92. The first-order chi connectivity index (χ1) is 10.2. The van der Waals surface area contributed by atoms with Crippen LogP contribution in [0.3, 0.4) is 0 Å². The van der Waals surface area contributed by atoms with Crippen LogP contribution in [-0.4, -0.2) is 22.5 Å². The molecule has 2 heterocycles. The average molecular weight is 308 g/mol. The van der Waals surface area contributed by atoms with Crippen LogP contribution in [0.2, 0.25) is 0 Å². The number of aromatic amines is 1. The minimum Gasteiger partial charge on any atom is -0.466 e. The van der Waals surface area contributed by atoms with Gasteiger partial charge in [-0.3, -0.25) is 9.59 Å². The van der Waals surface area contributed by atoms with Crippen LogP contribution >= 0.6 is 11.3 Å². The van der Waals surface area contributed by atoms with E-state index in [1.165, 1.54) is 18.1 Å². The number of unbranched alkanes of at least 4 members (excludes halogenated alkanes) is 4. The Morgan fingerprint density at radius 1 is 1.29 bits per heavy atom. The Morgan fingerprint density at radius 2 is 2.05 bits per heavy atom. The maximum atomic E-state index is 11.6. The molecule has 0 radical (unpaired) electrons. The highest BCUT2D eigenvalue weighted by Gasteiger charge is 2.05. The molecule has 0 aliphatic carbocycles. The lowest BCUT2D eigenvalue weighted by molar-refractivity contribution is -0.141. The van der Waals surface area contributed by atoms with Crippen molar-refractivity contribution in [3.05, 3.63) is 27.6 Å². The van der Waals surface area contributed by atoms with Crippen molar-refractivity contribution < 1.29 is 9.53 Å². The molecule has 0 atom stereocenters. The monoisotopic (exact) mass is 308 g/mol. The number of carbonyl (C=O) groups excluding carboxylic acids is 1. The molecule has 0 aliphatic heterocycles. The van der Waals surface area contributed by atoms with Gasteiger partial charge < -0.3 is 9.72 Å². The largest absolute Gasteiger partial charge is 0.466 e. The number of nitrogens with zero attached hydrogens (tertiary/aromatic N) is 1. The highest BCUT2D eigenvalue weighted by Crippen LogP contribution is 2.22. The van der Waals surface area contributed by atoms with Gasteiger partial charge in [0.25, 0.3) is 5.56 Å². The van der Waals surface area contributed by atoms with Crippen molar-refractivity contribution in [1.29, 1.82) is 0 Å². The van der Waals surface area contributed by atoms with E-state index in [9.17, 15) is 9.59 Å². The Morgan fingerprint density at radius 3 is 2.81 bits per heavy atom. The summed E-state index contributed by atoms with van der Waals surface area (Å²) in [6.45, 7) is 1.96. The summed E-state index contributed by atoms with van der Waals surface area (Å²) >= 11 is 1.60. The number of ether oxygens (including phenoxy) is 1. The van der Waals surface area contributed by atoms with Crippen LogP contribution in [0, 0.1) is 0 Å². The van der Waals surface area contributed by atoms with Gasteiger partial charge >= 0.3 is 5.97 Å². The molecule has 5 nitrogen and oxygen atoms in total. The van der Waals surface area contributed by atoms with Gasteiger partial charge in [0.1, 0.15) is 4.83 Å². The van der Waals surface area contributed by atoms with Gasteiger partial charge in [-0.1, -0.05) is 19.3 Å². The van der Waals surface area contributed by atoms with E-state index in [0.717, 1.165) is 43.4 Å². The van der Waals surface area contributed by atoms with Gasteiger partial charge in [-0.2, -0.15) is 0 Å². The lowest BCUT2D eigenvalue weighted by Gasteiger charge is -2.02. The van der Waals surface area contributed by atoms with E-state index in [2.05, 4.69) is 9.97 Å². The Labute approximate surface area is 127 Å². The topological polar surface area (TPSA) is 72.1 Å². The lowest BCUT2D eigenvalue weighted by Crippen LogP contribution is -2.03. The molecule has 0 saturated carbocycles. The first-order valence-electron chi connectivity index (χ1n) is 7.26. The number of H-pyrrole nitrogens is 1. The van der Waals surface area contributed by atoms with Crippen molar-refractivity contribution in [2.75, 3.05) is 6.61 Å². The molecule has 1 N–H and O–H groups in total. The van der Waals surface area contributed by atoms with Crippen LogP contribution in [-0.2, 0) is 16.0 Å². The number of esters is 1. The molecule has 0 unspecified atom stereocenters. The Bertz CT molecular complexity index is 648. The molecule has 2 rings (SSSR count). The summed E-state index contributed by atoms with van der Waals surface area (Å²) in [4.78, 5) is 31.0. The molecule has 0 amide bonds. The number of thiophene rings is 1. The molecule has 0 bridgehead atoms. The predicted octanol–water partition coefficient (Wildman–Crippen LogP) is 3.04. The summed E-state index contributed by atoms with van der Waals surface area (Å²) in [5.41, 5.74) is -0.0621. The van der Waals surface area contributed by atoms with E-state index < -0.39 is 0 Å². The number of rotatable bonds is 8. The molecule has 6 heteroatoms. The van der Waals surface area contributed by atoms with Crippen molar-refractivity contribution in [1.82, 2.24) is 9.97 Å². The van der Waals surface area contributed by atoms with E-state index in [-0.39, 0.29) is 11.5 Å². The van der Waals surface area contributed by atoms with E-state index in [0.29, 0.717) is 12.0 Å². The van der Waals surface area contributed by atoms with Gasteiger partial charge in [0.15, 0.2) is 0 Å². The van der Waals surface area contributed by atoms with Crippen molar-refractivity contribution in [2.24, 2.45) is 0 Å². The second kappa shape index (κ2) is 7.93. The third-order valence-electron chi connectivity index (χ3n) is 3.26. The van der Waals surface area contributed by atoms with E-state index >= 15 is 0 Å². The fraction of sp³-hybridized carbons (Fsp3) is 0.533. The normalized spacial score (nSPS) is 10.9. The summed E-state index contributed by atoms with van der Waals surface area (Å²) in [6, 6.07) is 1.95. The number of carbonyl (C=O) groups is 1. The van der Waals surface area contributed by atoms with Crippen LogP contribution in [0.5, 0.6) is 0 Å². The fourth-order valence-electron chi connectivity index (χ4n) is 2.19. The van der Waals surface area contributed by atoms with Crippen LogP contribution in [0.25, 0.3) is 10.2 Å². The first kappa shape index (κ1) is 15.7. The SMILES string of the molecule is CC(=O)OCCCCCCCc1cc2c(=O)[nH]cnc2s1.